The minimum absolute atomic E-state index is 0.0617. The smallest absolute Gasteiger partial charge is 0.220 e. The molecule has 4 nitrogen and oxygen atoms in total. The number of hydrogen-bond donors (Lipinski definition) is 0. The van der Waals surface area contributed by atoms with Gasteiger partial charge in [0, 0.05) is 23.2 Å². The van der Waals surface area contributed by atoms with Crippen molar-refractivity contribution in [2.75, 3.05) is 0 Å². The number of nitrogens with zero attached hydrogens (tertiary/aromatic N) is 1. The van der Waals surface area contributed by atoms with E-state index in [1.54, 1.807) is 6.92 Å². The maximum Gasteiger partial charge on any atom is 0.220 e. The Hall–Kier alpha value is -1.71. The Kier molecular flexibility index (Phi) is 5.43. The van der Waals surface area contributed by atoms with E-state index in [2.05, 4.69) is 0 Å². The Morgan fingerprint density at radius 2 is 1.80 bits per heavy atom. The van der Waals surface area contributed by atoms with Crippen LogP contribution in [0.1, 0.15) is 52.0 Å². The highest BCUT2D eigenvalue weighted by Crippen LogP contribution is 2.31. The molecule has 1 aromatic rings. The standard InChI is InChI=1S/C16H23NO3/c1-5-14(17(19)20)13(11-15(18)16(2,3)4)12-9-7-6-8-10-12/h6-10,13-14H,5,11H2,1-4H3/t13-,14+/m0/s1. The van der Waals surface area contributed by atoms with E-state index < -0.39 is 11.5 Å². The second-order valence-corrected chi connectivity index (χ2v) is 6.16. The van der Waals surface area contributed by atoms with Gasteiger partial charge < -0.3 is 0 Å². The molecule has 0 unspecified atom stereocenters. The molecule has 0 aliphatic heterocycles. The van der Waals surface area contributed by atoms with E-state index in [0.29, 0.717) is 6.42 Å². The molecule has 1 rings (SSSR count). The molecule has 20 heavy (non-hydrogen) atoms. The molecule has 0 fully saturated rings. The fraction of sp³-hybridized carbons (Fsp3) is 0.562. The lowest BCUT2D eigenvalue weighted by molar-refractivity contribution is -0.527. The molecule has 2 atom stereocenters. The fourth-order valence-corrected chi connectivity index (χ4v) is 2.26. The average molecular weight is 277 g/mol. The van der Waals surface area contributed by atoms with Crippen molar-refractivity contribution in [3.8, 4) is 0 Å². The lowest BCUT2D eigenvalue weighted by atomic mass is 9.79. The van der Waals surface area contributed by atoms with Gasteiger partial charge in [-0.05, 0) is 5.56 Å². The van der Waals surface area contributed by atoms with Gasteiger partial charge in [0.25, 0.3) is 0 Å². The van der Waals surface area contributed by atoms with Gasteiger partial charge in [-0.15, -0.1) is 0 Å². The largest absolute Gasteiger partial charge is 0.299 e. The number of hydrogen-bond acceptors (Lipinski definition) is 3. The van der Waals surface area contributed by atoms with Crippen LogP contribution < -0.4 is 0 Å². The van der Waals surface area contributed by atoms with E-state index in [-0.39, 0.29) is 23.0 Å². The first-order valence-electron chi connectivity index (χ1n) is 6.99. The Morgan fingerprint density at radius 1 is 1.25 bits per heavy atom. The van der Waals surface area contributed by atoms with Gasteiger partial charge in [-0.2, -0.15) is 0 Å². The molecule has 0 saturated heterocycles. The first kappa shape index (κ1) is 16.3. The van der Waals surface area contributed by atoms with Gasteiger partial charge in [-0.25, -0.2) is 0 Å². The maximum absolute atomic E-state index is 12.3. The van der Waals surface area contributed by atoms with Gasteiger partial charge in [0.1, 0.15) is 5.78 Å². The number of rotatable bonds is 6. The van der Waals surface area contributed by atoms with Crippen LogP contribution in [0.5, 0.6) is 0 Å². The molecule has 0 spiro atoms. The first-order chi connectivity index (χ1) is 9.27. The molecule has 0 amide bonds. The lowest BCUT2D eigenvalue weighted by Crippen LogP contribution is -2.31. The van der Waals surface area contributed by atoms with E-state index in [1.807, 2.05) is 51.1 Å². The topological polar surface area (TPSA) is 60.2 Å². The highest BCUT2D eigenvalue weighted by atomic mass is 16.6. The minimum Gasteiger partial charge on any atom is -0.299 e. The molecule has 0 saturated carbocycles. The van der Waals surface area contributed by atoms with E-state index >= 15 is 0 Å². The van der Waals surface area contributed by atoms with Gasteiger partial charge >= 0.3 is 0 Å². The molecule has 0 aliphatic carbocycles. The molecule has 0 bridgehead atoms. The number of Topliss-reactive ketones (excluding diaryl/α,β-unsaturated/α-hetero) is 1. The average Bonchev–Trinajstić information content (AvgIpc) is 2.37. The Bertz CT molecular complexity index is 462. The summed E-state index contributed by atoms with van der Waals surface area (Å²) in [6.45, 7) is 7.35. The highest BCUT2D eigenvalue weighted by Gasteiger charge is 2.35. The molecule has 110 valence electrons. The van der Waals surface area contributed by atoms with Crippen molar-refractivity contribution < 1.29 is 9.72 Å². The van der Waals surface area contributed by atoms with Gasteiger partial charge in [-0.1, -0.05) is 58.0 Å². The van der Waals surface area contributed by atoms with Crippen LogP contribution in [0.15, 0.2) is 30.3 Å². The number of ketones is 1. The SMILES string of the molecule is CC[C@H]([C@@H](CC(=O)C(C)(C)C)c1ccccc1)[N+](=O)[O-]. The summed E-state index contributed by atoms with van der Waals surface area (Å²) < 4.78 is 0. The molecular weight excluding hydrogens is 254 g/mol. The summed E-state index contributed by atoms with van der Waals surface area (Å²) in [5.41, 5.74) is 0.399. The second-order valence-electron chi connectivity index (χ2n) is 6.16. The number of benzene rings is 1. The van der Waals surface area contributed by atoms with Gasteiger partial charge in [-0.3, -0.25) is 14.9 Å². The molecule has 0 aliphatic rings. The predicted octanol–water partition coefficient (Wildman–Crippen LogP) is 3.83. The number of carbonyl (C=O) groups is 1. The summed E-state index contributed by atoms with van der Waals surface area (Å²) in [4.78, 5) is 23.3. The first-order valence-corrected chi connectivity index (χ1v) is 6.99. The molecule has 0 heterocycles. The van der Waals surface area contributed by atoms with Crippen LogP contribution in [0.25, 0.3) is 0 Å². The Morgan fingerprint density at radius 3 is 2.20 bits per heavy atom. The minimum atomic E-state index is -0.719. The quantitative estimate of drug-likeness (QED) is 0.586. The molecule has 0 aromatic heterocycles. The summed E-state index contributed by atoms with van der Waals surface area (Å²) in [5.74, 6) is -0.297. The number of nitro groups is 1. The zero-order valence-electron chi connectivity index (χ0n) is 12.6. The van der Waals surface area contributed by atoms with Crippen LogP contribution in [-0.2, 0) is 4.79 Å². The van der Waals surface area contributed by atoms with Crippen molar-refractivity contribution in [1.29, 1.82) is 0 Å². The van der Waals surface area contributed by atoms with Crippen molar-refractivity contribution in [3.63, 3.8) is 0 Å². The van der Waals surface area contributed by atoms with Gasteiger partial charge in [0.15, 0.2) is 0 Å². The third-order valence-electron chi connectivity index (χ3n) is 3.62. The van der Waals surface area contributed by atoms with Gasteiger partial charge in [0.05, 0.1) is 5.92 Å². The second kappa shape index (κ2) is 6.64. The van der Waals surface area contributed by atoms with Crippen molar-refractivity contribution in [2.45, 2.75) is 52.5 Å². The van der Waals surface area contributed by atoms with E-state index in [4.69, 9.17) is 0 Å². The monoisotopic (exact) mass is 277 g/mol. The Balaban J connectivity index is 3.08. The van der Waals surface area contributed by atoms with Crippen LogP contribution in [0, 0.1) is 15.5 Å². The van der Waals surface area contributed by atoms with Crippen molar-refractivity contribution in [2.24, 2.45) is 5.41 Å². The summed E-state index contributed by atoms with van der Waals surface area (Å²) >= 11 is 0. The van der Waals surface area contributed by atoms with Crippen molar-refractivity contribution in [1.82, 2.24) is 0 Å². The van der Waals surface area contributed by atoms with Crippen LogP contribution in [0.4, 0.5) is 0 Å². The van der Waals surface area contributed by atoms with Crippen LogP contribution >= 0.6 is 0 Å². The van der Waals surface area contributed by atoms with Crippen LogP contribution in [-0.4, -0.2) is 16.7 Å². The predicted molar refractivity (Wildman–Crippen MR) is 79.3 cm³/mol. The lowest BCUT2D eigenvalue weighted by Gasteiger charge is -2.24. The van der Waals surface area contributed by atoms with E-state index in [9.17, 15) is 14.9 Å². The molecule has 4 heteroatoms. The maximum atomic E-state index is 12.3. The normalized spacial score (nSPS) is 14.6. The summed E-state index contributed by atoms with van der Waals surface area (Å²) in [5, 5.41) is 11.3. The van der Waals surface area contributed by atoms with Crippen LogP contribution in [0.3, 0.4) is 0 Å². The molecular formula is C16H23NO3. The summed E-state index contributed by atoms with van der Waals surface area (Å²) in [6.07, 6.45) is 0.636. The number of carbonyl (C=O) groups excluding carboxylic acids is 1. The zero-order valence-corrected chi connectivity index (χ0v) is 12.6. The van der Waals surface area contributed by atoms with E-state index in [1.165, 1.54) is 0 Å². The van der Waals surface area contributed by atoms with Crippen molar-refractivity contribution >= 4 is 5.78 Å². The summed E-state index contributed by atoms with van der Waals surface area (Å²) in [7, 11) is 0. The third kappa shape index (κ3) is 4.15. The molecule has 0 radical (unpaired) electrons. The third-order valence-corrected chi connectivity index (χ3v) is 3.62. The van der Waals surface area contributed by atoms with E-state index in [0.717, 1.165) is 5.56 Å². The van der Waals surface area contributed by atoms with Crippen molar-refractivity contribution in [3.05, 3.63) is 46.0 Å². The molecule has 1 aromatic carbocycles. The Labute approximate surface area is 120 Å². The molecule has 0 N–H and O–H groups in total. The fourth-order valence-electron chi connectivity index (χ4n) is 2.26. The van der Waals surface area contributed by atoms with Gasteiger partial charge in [0.2, 0.25) is 6.04 Å². The zero-order chi connectivity index (χ0) is 15.3. The highest BCUT2D eigenvalue weighted by molar-refractivity contribution is 5.84. The summed E-state index contributed by atoms with van der Waals surface area (Å²) in [6, 6.07) is 8.61. The van der Waals surface area contributed by atoms with Crippen LogP contribution in [0.2, 0.25) is 0 Å².